The third-order valence-corrected chi connectivity index (χ3v) is 4.32. The molecule has 0 aromatic carbocycles. The second-order valence-corrected chi connectivity index (χ2v) is 6.98. The van der Waals surface area contributed by atoms with Crippen molar-refractivity contribution in [1.29, 1.82) is 0 Å². The fourth-order valence-electron chi connectivity index (χ4n) is 2.85. The van der Waals surface area contributed by atoms with Gasteiger partial charge in [-0.05, 0) is 33.4 Å². The number of rotatable bonds is 10. The second kappa shape index (κ2) is 12.1. The normalized spacial score (nSPS) is 18.3. The molecule has 0 aliphatic carbocycles. The van der Waals surface area contributed by atoms with E-state index in [0.29, 0.717) is 0 Å². The first-order valence-electron chi connectivity index (χ1n) is 9.49. The summed E-state index contributed by atoms with van der Waals surface area (Å²) in [6, 6.07) is 0.282. The van der Waals surface area contributed by atoms with E-state index in [0.717, 1.165) is 64.7 Å². The molecule has 0 radical (unpaired) electrons. The van der Waals surface area contributed by atoms with Crippen molar-refractivity contribution in [3.63, 3.8) is 0 Å². The summed E-state index contributed by atoms with van der Waals surface area (Å²) >= 11 is 0. The molecule has 1 amide bonds. The van der Waals surface area contributed by atoms with Crippen molar-refractivity contribution in [3.8, 4) is 0 Å². The predicted molar refractivity (Wildman–Crippen MR) is 103 cm³/mol. The molecule has 0 bridgehead atoms. The van der Waals surface area contributed by atoms with Crippen LogP contribution in [0.15, 0.2) is 4.99 Å². The molecule has 25 heavy (non-hydrogen) atoms. The summed E-state index contributed by atoms with van der Waals surface area (Å²) in [5, 5.41) is 6.78. The van der Waals surface area contributed by atoms with Gasteiger partial charge in [0.15, 0.2) is 5.96 Å². The summed E-state index contributed by atoms with van der Waals surface area (Å²) in [7, 11) is 3.83. The van der Waals surface area contributed by atoms with Gasteiger partial charge in [-0.15, -0.1) is 0 Å². The molecule has 1 heterocycles. The van der Waals surface area contributed by atoms with Crippen LogP contribution in [0.3, 0.4) is 0 Å². The topological polar surface area (TPSA) is 69.2 Å². The van der Waals surface area contributed by atoms with E-state index in [1.807, 2.05) is 18.7 Å². The van der Waals surface area contributed by atoms with Gasteiger partial charge in [-0.1, -0.05) is 13.8 Å². The summed E-state index contributed by atoms with van der Waals surface area (Å²) in [6.07, 6.45) is 1.99. The highest BCUT2D eigenvalue weighted by Crippen LogP contribution is 2.12. The average molecular weight is 356 g/mol. The number of carbonyl (C=O) groups is 1. The molecule has 0 aromatic heterocycles. The number of ether oxygens (including phenoxy) is 1. The number of aliphatic imine (C=N–C) groups is 1. The summed E-state index contributed by atoms with van der Waals surface area (Å²) in [5.41, 5.74) is 0. The third kappa shape index (κ3) is 8.54. The first-order chi connectivity index (χ1) is 12.0. The molecule has 146 valence electrons. The maximum Gasteiger partial charge on any atom is 0.225 e. The van der Waals surface area contributed by atoms with E-state index >= 15 is 0 Å². The summed E-state index contributed by atoms with van der Waals surface area (Å²) < 4.78 is 5.09. The maximum absolute atomic E-state index is 12.1. The molecule has 0 aromatic rings. The maximum atomic E-state index is 12.1. The summed E-state index contributed by atoms with van der Waals surface area (Å²) in [4.78, 5) is 21.0. The van der Waals surface area contributed by atoms with Crippen LogP contribution in [0.25, 0.3) is 0 Å². The molecule has 7 heteroatoms. The quantitative estimate of drug-likeness (QED) is 0.344. The zero-order valence-corrected chi connectivity index (χ0v) is 16.7. The number of carbonyl (C=O) groups excluding carboxylic acids is 1. The highest BCUT2D eigenvalue weighted by Gasteiger charge is 2.27. The minimum atomic E-state index is 0.0655. The molecule has 1 atom stereocenters. The Morgan fingerprint density at radius 2 is 2.16 bits per heavy atom. The number of hydrogen-bond acceptors (Lipinski definition) is 4. The van der Waals surface area contributed by atoms with Crippen molar-refractivity contribution in [3.05, 3.63) is 0 Å². The van der Waals surface area contributed by atoms with Gasteiger partial charge in [-0.25, -0.2) is 0 Å². The molecule has 1 aliphatic heterocycles. The molecular weight excluding hydrogens is 318 g/mol. The molecule has 7 nitrogen and oxygen atoms in total. The lowest BCUT2D eigenvalue weighted by molar-refractivity contribution is -0.133. The van der Waals surface area contributed by atoms with Gasteiger partial charge in [0.25, 0.3) is 0 Å². The zero-order valence-electron chi connectivity index (χ0n) is 16.7. The Balaban J connectivity index is 2.37. The largest absolute Gasteiger partial charge is 0.383 e. The Bertz CT molecular complexity index is 414. The molecule has 1 rings (SSSR count). The van der Waals surface area contributed by atoms with Crippen LogP contribution in [-0.4, -0.2) is 87.7 Å². The van der Waals surface area contributed by atoms with Crippen molar-refractivity contribution >= 4 is 11.9 Å². The molecule has 2 N–H and O–H groups in total. The Morgan fingerprint density at radius 3 is 2.80 bits per heavy atom. The Hall–Kier alpha value is -1.34. The van der Waals surface area contributed by atoms with Crippen LogP contribution in [0.5, 0.6) is 0 Å². The van der Waals surface area contributed by atoms with E-state index < -0.39 is 0 Å². The van der Waals surface area contributed by atoms with Gasteiger partial charge in [-0.3, -0.25) is 9.79 Å². The van der Waals surface area contributed by atoms with Gasteiger partial charge in [-0.2, -0.15) is 0 Å². The highest BCUT2D eigenvalue weighted by atomic mass is 16.5. The molecule has 0 spiro atoms. The highest BCUT2D eigenvalue weighted by molar-refractivity contribution is 5.81. The van der Waals surface area contributed by atoms with Crippen LogP contribution < -0.4 is 10.6 Å². The van der Waals surface area contributed by atoms with Gasteiger partial charge in [0, 0.05) is 51.8 Å². The van der Waals surface area contributed by atoms with Crippen LogP contribution in [0, 0.1) is 5.92 Å². The molecule has 1 unspecified atom stereocenters. The number of likely N-dealkylation sites (tertiary alicyclic amines) is 1. The number of nitrogens with zero attached hydrogens (tertiary/aromatic N) is 3. The molecule has 1 saturated heterocycles. The number of hydrogen-bond donors (Lipinski definition) is 2. The van der Waals surface area contributed by atoms with E-state index in [2.05, 4.69) is 34.5 Å². The van der Waals surface area contributed by atoms with Crippen LogP contribution in [0.2, 0.25) is 0 Å². The van der Waals surface area contributed by atoms with Crippen molar-refractivity contribution in [1.82, 2.24) is 20.4 Å². The molecule has 0 saturated carbocycles. The van der Waals surface area contributed by atoms with Gasteiger partial charge < -0.3 is 25.2 Å². The number of nitrogens with one attached hydrogen (secondary N) is 2. The van der Waals surface area contributed by atoms with Gasteiger partial charge >= 0.3 is 0 Å². The standard InChI is InChI=1S/C18H37N5O2/c1-6-19-18(20-9-7-10-22(4)12-13-25-5)21-16-8-11-23(14-16)17(24)15(2)3/h15-16H,6-14H2,1-5H3,(H2,19,20,21). The predicted octanol–water partition coefficient (Wildman–Crippen LogP) is 0.767. The Kier molecular flexibility index (Phi) is 10.5. The van der Waals surface area contributed by atoms with Crippen molar-refractivity contribution in [2.45, 2.75) is 39.7 Å². The number of amides is 1. The van der Waals surface area contributed by atoms with E-state index in [1.165, 1.54) is 0 Å². The molecule has 1 fully saturated rings. The monoisotopic (exact) mass is 355 g/mol. The lowest BCUT2D eigenvalue weighted by atomic mass is 10.2. The van der Waals surface area contributed by atoms with Crippen molar-refractivity contribution in [2.75, 3.05) is 60.0 Å². The lowest BCUT2D eigenvalue weighted by Crippen LogP contribution is -2.45. The third-order valence-electron chi connectivity index (χ3n) is 4.32. The Morgan fingerprint density at radius 1 is 1.40 bits per heavy atom. The first-order valence-corrected chi connectivity index (χ1v) is 9.49. The molecular formula is C18H37N5O2. The van der Waals surface area contributed by atoms with Crippen LogP contribution in [0.1, 0.15) is 33.6 Å². The summed E-state index contributed by atoms with van der Waals surface area (Å²) in [5.74, 6) is 1.16. The molecule has 1 aliphatic rings. The zero-order chi connectivity index (χ0) is 18.7. The van der Waals surface area contributed by atoms with Gasteiger partial charge in [0.1, 0.15) is 0 Å². The smallest absolute Gasteiger partial charge is 0.225 e. The van der Waals surface area contributed by atoms with E-state index in [-0.39, 0.29) is 17.9 Å². The summed E-state index contributed by atoms with van der Waals surface area (Å²) in [6.45, 7) is 11.9. The first kappa shape index (κ1) is 21.7. The van der Waals surface area contributed by atoms with Gasteiger partial charge in [0.05, 0.1) is 6.61 Å². The van der Waals surface area contributed by atoms with Crippen molar-refractivity contribution < 1.29 is 9.53 Å². The average Bonchev–Trinajstić information content (AvgIpc) is 3.04. The minimum absolute atomic E-state index is 0.0655. The van der Waals surface area contributed by atoms with Crippen LogP contribution in [-0.2, 0) is 9.53 Å². The van der Waals surface area contributed by atoms with E-state index in [9.17, 15) is 4.79 Å². The van der Waals surface area contributed by atoms with Crippen LogP contribution in [0.4, 0.5) is 0 Å². The number of likely N-dealkylation sites (N-methyl/N-ethyl adjacent to an activating group) is 1. The van der Waals surface area contributed by atoms with E-state index in [1.54, 1.807) is 7.11 Å². The SMILES string of the molecule is CCNC(=NCCCN(C)CCOC)NC1CCN(C(=O)C(C)C)C1. The fraction of sp³-hybridized carbons (Fsp3) is 0.889. The number of methoxy groups -OCH3 is 1. The van der Waals surface area contributed by atoms with E-state index in [4.69, 9.17) is 4.74 Å². The Labute approximate surface area is 153 Å². The minimum Gasteiger partial charge on any atom is -0.383 e. The van der Waals surface area contributed by atoms with Crippen LogP contribution >= 0.6 is 0 Å². The van der Waals surface area contributed by atoms with Gasteiger partial charge in [0.2, 0.25) is 5.91 Å². The number of guanidine groups is 1. The lowest BCUT2D eigenvalue weighted by Gasteiger charge is -2.20. The van der Waals surface area contributed by atoms with Crippen molar-refractivity contribution in [2.24, 2.45) is 10.9 Å². The second-order valence-electron chi connectivity index (χ2n) is 6.98. The fourth-order valence-corrected chi connectivity index (χ4v) is 2.85.